The number of hydrogen-bond donors (Lipinski definition) is 0. The van der Waals surface area contributed by atoms with E-state index in [1.165, 1.54) is 43.8 Å². The standard InChI is InChI=1S/C40H40O6/c1-26(41-22-35-24-45-35)20-43-33-15-11-31(12-16-33)40(32-13-17-34(18-14-32)44-21-27(2)42-23-36-25-46-36)19-30-7-3-5-28-9-10-29-6-4-8-37(40)39(29)38(28)30/h3-18,26-27,35-36H,19-25H2,1-2H3. The molecule has 4 unspecified atom stereocenters. The molecule has 0 aromatic heterocycles. The number of rotatable bonds is 14. The molecular formula is C40H40O6. The molecule has 6 heteroatoms. The highest BCUT2D eigenvalue weighted by atomic mass is 16.6. The van der Waals surface area contributed by atoms with E-state index in [0.29, 0.717) is 26.4 Å². The lowest BCUT2D eigenvalue weighted by Gasteiger charge is -2.40. The normalized spacial score (nSPS) is 22.6. The van der Waals surface area contributed by atoms with Gasteiger partial charge in [-0.25, -0.2) is 0 Å². The molecule has 0 spiro atoms. The molecule has 2 heterocycles. The van der Waals surface area contributed by atoms with Crippen LogP contribution in [0.2, 0.25) is 0 Å². The molecule has 6 nitrogen and oxygen atoms in total. The zero-order valence-electron chi connectivity index (χ0n) is 26.4. The first-order valence-electron chi connectivity index (χ1n) is 16.4. The van der Waals surface area contributed by atoms with Crippen molar-refractivity contribution in [3.63, 3.8) is 0 Å². The highest BCUT2D eigenvalue weighted by Crippen LogP contribution is 2.51. The summed E-state index contributed by atoms with van der Waals surface area (Å²) in [4.78, 5) is 0. The molecule has 5 aromatic carbocycles. The Hall–Kier alpha value is -3.94. The number of hydrogen-bond acceptors (Lipinski definition) is 6. The minimum atomic E-state index is -0.402. The average molecular weight is 617 g/mol. The Labute approximate surface area is 270 Å². The molecule has 2 saturated heterocycles. The molecule has 5 aromatic rings. The van der Waals surface area contributed by atoms with Gasteiger partial charge >= 0.3 is 0 Å². The lowest BCUT2D eigenvalue weighted by atomic mass is 9.62. The van der Waals surface area contributed by atoms with Crippen molar-refractivity contribution >= 4 is 21.5 Å². The summed E-state index contributed by atoms with van der Waals surface area (Å²) in [6, 6.07) is 35.3. The highest BCUT2D eigenvalue weighted by Gasteiger charge is 2.41. The van der Waals surface area contributed by atoms with Gasteiger partial charge in [-0.3, -0.25) is 0 Å². The van der Waals surface area contributed by atoms with Gasteiger partial charge in [0, 0.05) is 5.41 Å². The average Bonchev–Trinajstić information content (AvgIpc) is 4.03. The van der Waals surface area contributed by atoms with Gasteiger partial charge in [0.2, 0.25) is 0 Å². The number of epoxide rings is 2. The van der Waals surface area contributed by atoms with Gasteiger partial charge in [-0.1, -0.05) is 72.8 Å². The number of benzene rings is 5. The molecular weight excluding hydrogens is 576 g/mol. The molecule has 0 radical (unpaired) electrons. The van der Waals surface area contributed by atoms with E-state index in [-0.39, 0.29) is 24.4 Å². The van der Waals surface area contributed by atoms with Crippen LogP contribution in [0, 0.1) is 0 Å². The van der Waals surface area contributed by atoms with Crippen LogP contribution in [0.1, 0.15) is 36.1 Å². The summed E-state index contributed by atoms with van der Waals surface area (Å²) in [7, 11) is 0. The quantitative estimate of drug-likeness (QED) is 0.0968. The van der Waals surface area contributed by atoms with E-state index in [4.69, 9.17) is 28.4 Å². The van der Waals surface area contributed by atoms with Crippen molar-refractivity contribution in [1.29, 1.82) is 0 Å². The van der Waals surface area contributed by atoms with Gasteiger partial charge in [-0.15, -0.1) is 0 Å². The summed E-state index contributed by atoms with van der Waals surface area (Å²) in [5.74, 6) is 1.67. The molecule has 236 valence electrons. The second kappa shape index (κ2) is 12.3. The fourth-order valence-corrected chi connectivity index (χ4v) is 6.86. The maximum Gasteiger partial charge on any atom is 0.119 e. The van der Waals surface area contributed by atoms with Gasteiger partial charge in [0.1, 0.15) is 36.9 Å². The van der Waals surface area contributed by atoms with Crippen molar-refractivity contribution in [1.82, 2.24) is 0 Å². The minimum Gasteiger partial charge on any atom is -0.491 e. The molecule has 0 bridgehead atoms. The Morgan fingerprint density at radius 2 is 1.13 bits per heavy atom. The van der Waals surface area contributed by atoms with Crippen LogP contribution in [-0.4, -0.2) is 64.1 Å². The third-order valence-electron chi connectivity index (χ3n) is 9.49. The van der Waals surface area contributed by atoms with Crippen LogP contribution in [0.15, 0.2) is 97.1 Å². The summed E-state index contributed by atoms with van der Waals surface area (Å²) < 4.78 is 34.6. The Morgan fingerprint density at radius 3 is 1.65 bits per heavy atom. The van der Waals surface area contributed by atoms with Gasteiger partial charge in [0.15, 0.2) is 0 Å². The predicted octanol–water partition coefficient (Wildman–Crippen LogP) is 7.25. The second-order valence-electron chi connectivity index (χ2n) is 12.9. The maximum atomic E-state index is 6.16. The van der Waals surface area contributed by atoms with Crippen molar-refractivity contribution in [2.24, 2.45) is 0 Å². The lowest BCUT2D eigenvalue weighted by Crippen LogP contribution is -2.34. The van der Waals surface area contributed by atoms with Crippen molar-refractivity contribution < 1.29 is 28.4 Å². The van der Waals surface area contributed by atoms with Gasteiger partial charge < -0.3 is 28.4 Å². The molecule has 0 saturated carbocycles. The van der Waals surface area contributed by atoms with Crippen molar-refractivity contribution in [2.45, 2.75) is 50.1 Å². The van der Waals surface area contributed by atoms with E-state index in [2.05, 4.69) is 97.1 Å². The SMILES string of the molecule is CC(COc1ccc(C2(c3ccc(OCC(C)OCC4CO4)cc3)Cc3cccc4ccc5cccc2c5c34)cc1)OCC1CO1. The van der Waals surface area contributed by atoms with Crippen LogP contribution in [0.4, 0.5) is 0 Å². The Bertz CT molecular complexity index is 1750. The van der Waals surface area contributed by atoms with E-state index < -0.39 is 5.41 Å². The smallest absolute Gasteiger partial charge is 0.119 e. The molecule has 1 aliphatic carbocycles. The summed E-state index contributed by atoms with van der Waals surface area (Å²) >= 11 is 0. The van der Waals surface area contributed by atoms with Crippen LogP contribution in [0.3, 0.4) is 0 Å². The molecule has 2 aliphatic heterocycles. The first-order chi connectivity index (χ1) is 22.6. The lowest BCUT2D eigenvalue weighted by molar-refractivity contribution is 0.0241. The summed E-state index contributed by atoms with van der Waals surface area (Å²) in [5.41, 5.74) is 4.74. The Balaban J connectivity index is 1.13. The highest BCUT2D eigenvalue weighted by molar-refractivity contribution is 6.12. The molecule has 8 rings (SSSR count). The fourth-order valence-electron chi connectivity index (χ4n) is 6.86. The zero-order chi connectivity index (χ0) is 31.1. The molecule has 0 N–H and O–H groups in total. The van der Waals surface area contributed by atoms with Crippen LogP contribution in [0.25, 0.3) is 21.5 Å². The van der Waals surface area contributed by atoms with Crippen LogP contribution < -0.4 is 9.47 Å². The zero-order valence-corrected chi connectivity index (χ0v) is 26.4. The maximum absolute atomic E-state index is 6.16. The third kappa shape index (κ3) is 5.87. The Morgan fingerprint density at radius 1 is 0.630 bits per heavy atom. The Kier molecular flexibility index (Phi) is 7.91. The second-order valence-corrected chi connectivity index (χ2v) is 12.9. The first-order valence-corrected chi connectivity index (χ1v) is 16.4. The minimum absolute atomic E-state index is 0.00865. The summed E-state index contributed by atoms with van der Waals surface area (Å²) in [6.45, 7) is 7.90. The first kappa shape index (κ1) is 29.5. The molecule has 4 atom stereocenters. The van der Waals surface area contributed by atoms with E-state index >= 15 is 0 Å². The summed E-state index contributed by atoms with van der Waals surface area (Å²) in [6.07, 6.45) is 1.33. The van der Waals surface area contributed by atoms with Crippen LogP contribution >= 0.6 is 0 Å². The van der Waals surface area contributed by atoms with E-state index in [9.17, 15) is 0 Å². The topological polar surface area (TPSA) is 62.0 Å². The molecule has 0 amide bonds. The van der Waals surface area contributed by atoms with Gasteiger partial charge in [0.25, 0.3) is 0 Å². The third-order valence-corrected chi connectivity index (χ3v) is 9.49. The van der Waals surface area contributed by atoms with Crippen LogP contribution in [-0.2, 0) is 30.8 Å². The van der Waals surface area contributed by atoms with Gasteiger partial charge in [-0.05, 0) is 88.3 Å². The fraction of sp³-hybridized carbons (Fsp3) is 0.350. The van der Waals surface area contributed by atoms with Gasteiger partial charge in [0.05, 0.1) is 38.6 Å². The van der Waals surface area contributed by atoms with Gasteiger partial charge in [-0.2, -0.15) is 0 Å². The molecule has 2 fully saturated rings. The van der Waals surface area contributed by atoms with E-state index in [0.717, 1.165) is 31.1 Å². The molecule has 3 aliphatic rings. The predicted molar refractivity (Wildman–Crippen MR) is 179 cm³/mol. The van der Waals surface area contributed by atoms with Crippen molar-refractivity contribution in [2.75, 3.05) is 39.6 Å². The number of ether oxygens (including phenoxy) is 6. The van der Waals surface area contributed by atoms with Crippen molar-refractivity contribution in [3.05, 3.63) is 119 Å². The van der Waals surface area contributed by atoms with Crippen molar-refractivity contribution in [3.8, 4) is 11.5 Å². The van der Waals surface area contributed by atoms with E-state index in [1.54, 1.807) is 0 Å². The largest absolute Gasteiger partial charge is 0.491 e. The van der Waals surface area contributed by atoms with Crippen LogP contribution in [0.5, 0.6) is 11.5 Å². The monoisotopic (exact) mass is 616 g/mol. The van der Waals surface area contributed by atoms with E-state index in [1.807, 2.05) is 13.8 Å². The summed E-state index contributed by atoms with van der Waals surface area (Å²) in [5, 5.41) is 5.24. The molecule has 46 heavy (non-hydrogen) atoms.